The second-order valence-corrected chi connectivity index (χ2v) is 5.07. The molecule has 1 aromatic rings. The van der Waals surface area contributed by atoms with Crippen LogP contribution in [0.15, 0.2) is 24.3 Å². The first kappa shape index (κ1) is 16.3. The molecule has 104 valence electrons. The predicted octanol–water partition coefficient (Wildman–Crippen LogP) is -0.761. The molecule has 1 aliphatic rings. The maximum Gasteiger partial charge on any atom is 0.0992 e. The Labute approximate surface area is 133 Å². The normalized spacial score (nSPS) is 17.4. The van der Waals surface area contributed by atoms with Gasteiger partial charge in [-0.1, -0.05) is 6.07 Å². The van der Waals surface area contributed by atoms with E-state index in [4.69, 9.17) is 5.26 Å². The highest BCUT2D eigenvalue weighted by Gasteiger charge is 2.29. The van der Waals surface area contributed by atoms with Crippen molar-refractivity contribution in [2.75, 3.05) is 44.2 Å². The van der Waals surface area contributed by atoms with Crippen LogP contribution in [-0.2, 0) is 0 Å². The highest BCUT2D eigenvalue weighted by atomic mass is 127. The largest absolute Gasteiger partial charge is 1.00 e. The molecule has 0 N–H and O–H groups in total. The molecule has 1 saturated heterocycles. The lowest BCUT2D eigenvalue weighted by molar-refractivity contribution is -0.925. The number of likely N-dealkylation sites (N-methyl/N-ethyl adjacent to an activating group) is 1. The summed E-state index contributed by atoms with van der Waals surface area (Å²) in [7, 11) is 0. The number of quaternary nitrogens is 1. The Bertz CT molecular complexity index is 439. The monoisotopic (exact) mass is 371 g/mol. The first-order chi connectivity index (χ1) is 8.73. The third-order valence-electron chi connectivity index (χ3n) is 4.37. The molecule has 0 aliphatic carbocycles. The third-order valence-corrected chi connectivity index (χ3v) is 4.37. The average Bonchev–Trinajstić information content (AvgIpc) is 2.47. The van der Waals surface area contributed by atoms with E-state index in [1.54, 1.807) is 0 Å². The van der Waals surface area contributed by atoms with Crippen LogP contribution in [-0.4, -0.2) is 43.8 Å². The molecule has 1 aromatic carbocycles. The van der Waals surface area contributed by atoms with Gasteiger partial charge in [-0.15, -0.1) is 0 Å². The van der Waals surface area contributed by atoms with Gasteiger partial charge in [-0.3, -0.25) is 0 Å². The summed E-state index contributed by atoms with van der Waals surface area (Å²) in [5, 5.41) is 8.95. The van der Waals surface area contributed by atoms with Crippen LogP contribution in [0.4, 0.5) is 5.69 Å². The van der Waals surface area contributed by atoms with Crippen molar-refractivity contribution in [1.29, 1.82) is 5.26 Å². The lowest BCUT2D eigenvalue weighted by Crippen LogP contribution is -3.00. The maximum atomic E-state index is 8.95. The summed E-state index contributed by atoms with van der Waals surface area (Å²) in [4.78, 5) is 2.41. The Hall–Kier alpha value is -0.800. The smallest absolute Gasteiger partial charge is 0.0992 e. The second-order valence-electron chi connectivity index (χ2n) is 5.07. The highest BCUT2D eigenvalue weighted by molar-refractivity contribution is 5.51. The van der Waals surface area contributed by atoms with Gasteiger partial charge in [0.1, 0.15) is 0 Å². The van der Waals surface area contributed by atoms with Gasteiger partial charge in [-0.25, -0.2) is 0 Å². The van der Waals surface area contributed by atoms with Crippen LogP contribution in [0.2, 0.25) is 0 Å². The fourth-order valence-electron chi connectivity index (χ4n) is 2.78. The first-order valence-electron chi connectivity index (χ1n) is 6.83. The van der Waals surface area contributed by atoms with Gasteiger partial charge >= 0.3 is 0 Å². The van der Waals surface area contributed by atoms with Crippen molar-refractivity contribution in [3.8, 4) is 6.07 Å². The standard InChI is InChI=1S/C15H22N3.HI/c1-3-18(4-2)10-8-17(9-11-18)15-7-5-6-14(12-15)13-16;/h5-7,12H,3-4,8-11H2,1-2H3;1H/q+1;/p-1. The number of hydrogen-bond donors (Lipinski definition) is 0. The summed E-state index contributed by atoms with van der Waals surface area (Å²) < 4.78 is 1.23. The van der Waals surface area contributed by atoms with Crippen LogP contribution in [0.3, 0.4) is 0 Å². The van der Waals surface area contributed by atoms with Crippen molar-refractivity contribution < 1.29 is 28.5 Å². The maximum absolute atomic E-state index is 8.95. The zero-order chi connectivity index (χ0) is 13.0. The topological polar surface area (TPSA) is 27.0 Å². The highest BCUT2D eigenvalue weighted by Crippen LogP contribution is 2.20. The van der Waals surface area contributed by atoms with E-state index in [9.17, 15) is 0 Å². The van der Waals surface area contributed by atoms with Crippen LogP contribution in [0.5, 0.6) is 0 Å². The summed E-state index contributed by atoms with van der Waals surface area (Å²) in [5.74, 6) is 0. The number of anilines is 1. The molecule has 0 spiro atoms. The van der Waals surface area contributed by atoms with Gasteiger partial charge in [-0.2, -0.15) is 5.26 Å². The molecule has 0 amide bonds. The fourth-order valence-corrected chi connectivity index (χ4v) is 2.78. The minimum absolute atomic E-state index is 0. The van der Waals surface area contributed by atoms with Crippen LogP contribution in [0, 0.1) is 11.3 Å². The molecular formula is C15H22IN3. The molecule has 2 rings (SSSR count). The molecule has 1 fully saturated rings. The Morgan fingerprint density at radius 2 is 1.84 bits per heavy atom. The number of benzene rings is 1. The number of rotatable bonds is 3. The quantitative estimate of drug-likeness (QED) is 0.516. The Kier molecular flexibility index (Phi) is 6.08. The molecule has 0 unspecified atom stereocenters. The zero-order valence-corrected chi connectivity index (χ0v) is 13.9. The van der Waals surface area contributed by atoms with Gasteiger partial charge in [0.25, 0.3) is 0 Å². The molecule has 0 saturated carbocycles. The molecule has 0 atom stereocenters. The van der Waals surface area contributed by atoms with E-state index >= 15 is 0 Å². The van der Waals surface area contributed by atoms with E-state index in [-0.39, 0.29) is 24.0 Å². The van der Waals surface area contributed by atoms with Crippen molar-refractivity contribution in [3.63, 3.8) is 0 Å². The summed E-state index contributed by atoms with van der Waals surface area (Å²) in [5.41, 5.74) is 1.95. The van der Waals surface area contributed by atoms with E-state index < -0.39 is 0 Å². The summed E-state index contributed by atoms with van der Waals surface area (Å²) in [6.07, 6.45) is 0. The minimum atomic E-state index is 0. The SMILES string of the molecule is CC[N+]1(CC)CCN(c2cccc(C#N)c2)CC1.[I-]. The molecular weight excluding hydrogens is 349 g/mol. The number of nitrogens with zero attached hydrogens (tertiary/aromatic N) is 3. The zero-order valence-electron chi connectivity index (χ0n) is 11.8. The number of halogens is 1. The van der Waals surface area contributed by atoms with Gasteiger partial charge < -0.3 is 33.4 Å². The van der Waals surface area contributed by atoms with Gasteiger partial charge in [0.15, 0.2) is 0 Å². The number of piperazine rings is 1. The molecule has 1 aliphatic heterocycles. The van der Waals surface area contributed by atoms with Crippen molar-refractivity contribution in [2.24, 2.45) is 0 Å². The Balaban J connectivity index is 0.00000180. The predicted molar refractivity (Wildman–Crippen MR) is 74.4 cm³/mol. The minimum Gasteiger partial charge on any atom is -1.00 e. The van der Waals surface area contributed by atoms with Crippen molar-refractivity contribution in [3.05, 3.63) is 29.8 Å². The third kappa shape index (κ3) is 3.61. The summed E-state index contributed by atoms with van der Waals surface area (Å²) in [6.45, 7) is 11.6. The Morgan fingerprint density at radius 1 is 1.21 bits per heavy atom. The molecule has 4 heteroatoms. The molecule has 3 nitrogen and oxygen atoms in total. The van der Waals surface area contributed by atoms with E-state index in [0.717, 1.165) is 18.7 Å². The molecule has 0 radical (unpaired) electrons. The van der Waals surface area contributed by atoms with E-state index in [2.05, 4.69) is 30.9 Å². The lowest BCUT2D eigenvalue weighted by atomic mass is 10.1. The van der Waals surface area contributed by atoms with Gasteiger partial charge in [0, 0.05) is 5.69 Å². The van der Waals surface area contributed by atoms with Crippen LogP contribution >= 0.6 is 0 Å². The average molecular weight is 371 g/mol. The number of hydrogen-bond acceptors (Lipinski definition) is 2. The second kappa shape index (κ2) is 7.11. The number of nitriles is 1. The van der Waals surface area contributed by atoms with E-state index in [0.29, 0.717) is 0 Å². The molecule has 0 aromatic heterocycles. The van der Waals surface area contributed by atoms with Gasteiger partial charge in [0.05, 0.1) is 50.9 Å². The van der Waals surface area contributed by atoms with Crippen LogP contribution in [0.25, 0.3) is 0 Å². The molecule has 1 heterocycles. The summed E-state index contributed by atoms with van der Waals surface area (Å²) >= 11 is 0. The molecule has 19 heavy (non-hydrogen) atoms. The Morgan fingerprint density at radius 3 is 2.37 bits per heavy atom. The van der Waals surface area contributed by atoms with Crippen LogP contribution in [0.1, 0.15) is 19.4 Å². The van der Waals surface area contributed by atoms with Crippen molar-refractivity contribution in [2.45, 2.75) is 13.8 Å². The van der Waals surface area contributed by atoms with E-state index in [1.807, 2.05) is 18.2 Å². The van der Waals surface area contributed by atoms with Crippen molar-refractivity contribution in [1.82, 2.24) is 0 Å². The van der Waals surface area contributed by atoms with Crippen LogP contribution < -0.4 is 28.9 Å². The van der Waals surface area contributed by atoms with E-state index in [1.165, 1.54) is 36.3 Å². The molecule has 0 bridgehead atoms. The summed E-state index contributed by atoms with van der Waals surface area (Å²) in [6, 6.07) is 10.2. The van der Waals surface area contributed by atoms with Crippen molar-refractivity contribution >= 4 is 5.69 Å². The fraction of sp³-hybridized carbons (Fsp3) is 0.533. The first-order valence-corrected chi connectivity index (χ1v) is 6.83. The van der Waals surface area contributed by atoms with Gasteiger partial charge in [-0.05, 0) is 32.0 Å². The lowest BCUT2D eigenvalue weighted by Gasteiger charge is -2.44. The van der Waals surface area contributed by atoms with Gasteiger partial charge in [0.2, 0.25) is 0 Å².